The van der Waals surface area contributed by atoms with Crippen molar-refractivity contribution in [3.05, 3.63) is 88.7 Å². The molecule has 0 bridgehead atoms. The Bertz CT molecular complexity index is 1230. The Balaban J connectivity index is 1.73. The summed E-state index contributed by atoms with van der Waals surface area (Å²) >= 11 is 6.04. The van der Waals surface area contributed by atoms with E-state index in [0.29, 0.717) is 11.4 Å². The number of hydrogen-bond acceptors (Lipinski definition) is 7. The highest BCUT2D eigenvalue weighted by molar-refractivity contribution is 6.30. The molecule has 2 aromatic carbocycles. The zero-order chi connectivity index (χ0) is 26.9. The standard InChI is InChI=1S/C29H30ClNO6/c1-18(16-25(33)27-28(37-20(3)32)26(35-4)14-15-31-27)29(34)36-19(2)24(22-8-6-5-7-9-22)17-21-10-12-23(30)13-11-21/h5-15,18-19,24H,16-17H2,1-4H3/t18-,19+,24+/m1/s1. The fraction of sp³-hybridized carbons (Fsp3) is 0.310. The SMILES string of the molecule is COc1ccnc(C(=O)C[C@@H](C)C(=O)O[C@@H](C)[C@H](Cc2ccc(Cl)cc2)c2ccccc2)c1OC(C)=O. The number of aromatic nitrogens is 1. The third-order valence-corrected chi connectivity index (χ3v) is 6.21. The first-order valence-corrected chi connectivity index (χ1v) is 12.3. The van der Waals surface area contributed by atoms with Crippen LogP contribution >= 0.6 is 11.6 Å². The second-order valence-electron chi connectivity index (χ2n) is 8.80. The maximum atomic E-state index is 13.0. The van der Waals surface area contributed by atoms with Gasteiger partial charge < -0.3 is 14.2 Å². The molecule has 0 unspecified atom stereocenters. The van der Waals surface area contributed by atoms with Crippen LogP contribution in [0.4, 0.5) is 0 Å². The van der Waals surface area contributed by atoms with Gasteiger partial charge in [0.05, 0.1) is 13.0 Å². The number of pyridine rings is 1. The Hall–Kier alpha value is -3.71. The van der Waals surface area contributed by atoms with Crippen LogP contribution in [0.25, 0.3) is 0 Å². The van der Waals surface area contributed by atoms with Gasteiger partial charge >= 0.3 is 11.9 Å². The minimum absolute atomic E-state index is 0.0662. The zero-order valence-corrected chi connectivity index (χ0v) is 22.0. The number of halogens is 1. The first kappa shape index (κ1) is 27.9. The molecule has 3 aromatic rings. The van der Waals surface area contributed by atoms with E-state index in [4.69, 9.17) is 25.8 Å². The lowest BCUT2D eigenvalue weighted by Gasteiger charge is -2.26. The number of carbonyl (C=O) groups is 3. The highest BCUT2D eigenvalue weighted by Crippen LogP contribution is 2.32. The van der Waals surface area contributed by atoms with E-state index in [1.807, 2.05) is 61.5 Å². The molecule has 8 heteroatoms. The summed E-state index contributed by atoms with van der Waals surface area (Å²) in [6.45, 7) is 4.69. The van der Waals surface area contributed by atoms with Crippen LogP contribution in [0.3, 0.4) is 0 Å². The lowest BCUT2D eigenvalue weighted by Crippen LogP contribution is -2.28. The predicted octanol–water partition coefficient (Wildman–Crippen LogP) is 5.84. The molecule has 0 saturated carbocycles. The Labute approximate surface area is 221 Å². The van der Waals surface area contributed by atoms with Crippen LogP contribution in [0.1, 0.15) is 54.7 Å². The summed E-state index contributed by atoms with van der Waals surface area (Å²) in [7, 11) is 1.39. The van der Waals surface area contributed by atoms with Crippen LogP contribution in [-0.4, -0.2) is 35.9 Å². The Morgan fingerprint density at radius 3 is 2.27 bits per heavy atom. The van der Waals surface area contributed by atoms with E-state index in [1.54, 1.807) is 6.92 Å². The van der Waals surface area contributed by atoms with Crippen molar-refractivity contribution in [3.8, 4) is 11.5 Å². The van der Waals surface area contributed by atoms with Gasteiger partial charge in [-0.1, -0.05) is 61.0 Å². The molecule has 7 nitrogen and oxygen atoms in total. The van der Waals surface area contributed by atoms with E-state index in [0.717, 1.165) is 11.1 Å². The Morgan fingerprint density at radius 1 is 0.973 bits per heavy atom. The largest absolute Gasteiger partial charge is 0.493 e. The fourth-order valence-corrected chi connectivity index (χ4v) is 4.13. The van der Waals surface area contributed by atoms with Gasteiger partial charge in [0.2, 0.25) is 5.75 Å². The summed E-state index contributed by atoms with van der Waals surface area (Å²) in [4.78, 5) is 41.6. The predicted molar refractivity (Wildman–Crippen MR) is 140 cm³/mol. The van der Waals surface area contributed by atoms with Crippen molar-refractivity contribution in [1.82, 2.24) is 4.98 Å². The summed E-state index contributed by atoms with van der Waals surface area (Å²) in [6, 6.07) is 18.9. The van der Waals surface area contributed by atoms with Crippen LogP contribution in [0.2, 0.25) is 5.02 Å². The van der Waals surface area contributed by atoms with Crippen molar-refractivity contribution >= 4 is 29.3 Å². The minimum atomic E-state index is -0.750. The second kappa shape index (κ2) is 13.0. The molecule has 37 heavy (non-hydrogen) atoms. The number of ketones is 1. The molecular formula is C29H30ClNO6. The molecule has 0 spiro atoms. The molecule has 3 rings (SSSR count). The number of nitrogens with zero attached hydrogens (tertiary/aromatic N) is 1. The van der Waals surface area contributed by atoms with Gasteiger partial charge in [0.15, 0.2) is 17.2 Å². The lowest BCUT2D eigenvalue weighted by atomic mass is 9.88. The van der Waals surface area contributed by atoms with E-state index in [2.05, 4.69) is 4.98 Å². The van der Waals surface area contributed by atoms with E-state index >= 15 is 0 Å². The maximum absolute atomic E-state index is 13.0. The Morgan fingerprint density at radius 2 is 1.65 bits per heavy atom. The zero-order valence-electron chi connectivity index (χ0n) is 21.3. The molecule has 194 valence electrons. The van der Waals surface area contributed by atoms with Crippen molar-refractivity contribution < 1.29 is 28.6 Å². The first-order valence-electron chi connectivity index (χ1n) is 11.9. The van der Waals surface area contributed by atoms with Crippen molar-refractivity contribution in [2.45, 2.75) is 45.6 Å². The van der Waals surface area contributed by atoms with Crippen LogP contribution < -0.4 is 9.47 Å². The smallest absolute Gasteiger partial charge is 0.309 e. The van der Waals surface area contributed by atoms with Crippen LogP contribution in [0, 0.1) is 5.92 Å². The number of hydrogen-bond donors (Lipinski definition) is 0. The summed E-state index contributed by atoms with van der Waals surface area (Å²) in [5, 5.41) is 0.653. The van der Waals surface area contributed by atoms with Crippen LogP contribution in [-0.2, 0) is 20.7 Å². The molecule has 0 amide bonds. The van der Waals surface area contributed by atoms with Gasteiger partial charge in [-0.3, -0.25) is 14.4 Å². The summed E-state index contributed by atoms with van der Waals surface area (Å²) in [5.41, 5.74) is 2.02. The monoisotopic (exact) mass is 523 g/mol. The first-order chi connectivity index (χ1) is 17.7. The Kier molecular flexibility index (Phi) is 9.80. The minimum Gasteiger partial charge on any atom is -0.493 e. The third kappa shape index (κ3) is 7.64. The highest BCUT2D eigenvalue weighted by Gasteiger charge is 2.29. The van der Waals surface area contributed by atoms with E-state index in [-0.39, 0.29) is 29.5 Å². The fourth-order valence-electron chi connectivity index (χ4n) is 4.00. The molecule has 1 aromatic heterocycles. The van der Waals surface area contributed by atoms with Gasteiger partial charge in [-0.2, -0.15) is 0 Å². The highest BCUT2D eigenvalue weighted by atomic mass is 35.5. The average molecular weight is 524 g/mol. The second-order valence-corrected chi connectivity index (χ2v) is 9.24. The molecule has 0 N–H and O–H groups in total. The average Bonchev–Trinajstić information content (AvgIpc) is 2.88. The van der Waals surface area contributed by atoms with Crippen molar-refractivity contribution in [1.29, 1.82) is 0 Å². The summed E-state index contributed by atoms with van der Waals surface area (Å²) in [6.07, 6.45) is 1.38. The van der Waals surface area contributed by atoms with E-state index < -0.39 is 29.7 Å². The van der Waals surface area contributed by atoms with E-state index in [1.165, 1.54) is 26.3 Å². The number of esters is 2. The topological polar surface area (TPSA) is 91.8 Å². The molecule has 0 saturated heterocycles. The number of Topliss-reactive ketones (excluding diaryl/α,β-unsaturated/α-hetero) is 1. The number of ether oxygens (including phenoxy) is 3. The number of carbonyl (C=O) groups excluding carboxylic acids is 3. The molecule has 0 aliphatic carbocycles. The third-order valence-electron chi connectivity index (χ3n) is 5.96. The molecular weight excluding hydrogens is 494 g/mol. The summed E-state index contributed by atoms with van der Waals surface area (Å²) < 4.78 is 16.2. The van der Waals surface area contributed by atoms with Crippen molar-refractivity contribution in [3.63, 3.8) is 0 Å². The number of benzene rings is 2. The van der Waals surface area contributed by atoms with E-state index in [9.17, 15) is 14.4 Å². The molecule has 0 radical (unpaired) electrons. The molecule has 0 aliphatic heterocycles. The molecule has 1 heterocycles. The van der Waals surface area contributed by atoms with Crippen LogP contribution in [0.5, 0.6) is 11.5 Å². The maximum Gasteiger partial charge on any atom is 0.309 e. The quantitative estimate of drug-likeness (QED) is 0.230. The van der Waals surface area contributed by atoms with Gasteiger partial charge in [-0.15, -0.1) is 0 Å². The van der Waals surface area contributed by atoms with Gasteiger partial charge in [0, 0.05) is 36.5 Å². The number of rotatable bonds is 11. The normalized spacial score (nSPS) is 13.2. The van der Waals surface area contributed by atoms with Crippen molar-refractivity contribution in [2.24, 2.45) is 5.92 Å². The van der Waals surface area contributed by atoms with Gasteiger partial charge in [-0.25, -0.2) is 4.98 Å². The molecule has 0 aliphatic rings. The lowest BCUT2D eigenvalue weighted by molar-refractivity contribution is -0.153. The van der Waals surface area contributed by atoms with Gasteiger partial charge in [-0.05, 0) is 36.6 Å². The number of methoxy groups -OCH3 is 1. The van der Waals surface area contributed by atoms with Gasteiger partial charge in [0.1, 0.15) is 6.10 Å². The van der Waals surface area contributed by atoms with Crippen LogP contribution in [0.15, 0.2) is 66.9 Å². The molecule has 3 atom stereocenters. The molecule has 0 fully saturated rings. The summed E-state index contributed by atoms with van der Waals surface area (Å²) in [5.74, 6) is -2.31. The van der Waals surface area contributed by atoms with Gasteiger partial charge in [0.25, 0.3) is 0 Å². The van der Waals surface area contributed by atoms with Crippen molar-refractivity contribution in [2.75, 3.05) is 7.11 Å².